The number of ether oxygens (including phenoxy) is 1. The Bertz CT molecular complexity index is 1570. The number of rotatable bonds is 6. The van der Waals surface area contributed by atoms with E-state index in [-0.39, 0.29) is 18.6 Å². The van der Waals surface area contributed by atoms with Gasteiger partial charge in [-0.2, -0.15) is 5.10 Å². The quantitative estimate of drug-likeness (QED) is 0.342. The lowest BCUT2D eigenvalue weighted by atomic mass is 10.1. The lowest BCUT2D eigenvalue weighted by molar-refractivity contribution is -0.144. The van der Waals surface area contributed by atoms with Crippen molar-refractivity contribution in [3.63, 3.8) is 0 Å². The fourth-order valence-electron chi connectivity index (χ4n) is 3.88. The zero-order chi connectivity index (χ0) is 24.4. The Balaban J connectivity index is 1.39. The Hall–Kier alpha value is -4.23. The molecular weight excluding hydrogens is 464 g/mol. The van der Waals surface area contributed by atoms with Gasteiger partial charge in [0.05, 0.1) is 28.7 Å². The standard InChI is InChI=1S/C27H21ClN4O3/c1-17-6-5-9-22-25(17)29-23(30-27(22)34)16-35-24(33)14-19-15-32(21-7-3-2-4-8-21)31-26(19)18-10-12-20(28)13-11-18/h2-13,15H,14,16H2,1H3,(H,29,30,34). The number of nitrogens with one attached hydrogen (secondary N) is 1. The smallest absolute Gasteiger partial charge is 0.310 e. The Morgan fingerprint density at radius 1 is 1.03 bits per heavy atom. The fraction of sp³-hybridized carbons (Fsp3) is 0.111. The number of carbonyl (C=O) groups excluding carboxylic acids is 1. The van der Waals surface area contributed by atoms with Crippen LogP contribution in [0.5, 0.6) is 0 Å². The fourth-order valence-corrected chi connectivity index (χ4v) is 4.00. The Morgan fingerprint density at radius 2 is 1.80 bits per heavy atom. The zero-order valence-electron chi connectivity index (χ0n) is 18.9. The van der Waals surface area contributed by atoms with Crippen molar-refractivity contribution in [1.82, 2.24) is 19.7 Å². The van der Waals surface area contributed by atoms with E-state index in [2.05, 4.69) is 9.97 Å². The minimum absolute atomic E-state index is 0.00162. The van der Waals surface area contributed by atoms with Crippen LogP contribution in [0.1, 0.15) is 17.0 Å². The summed E-state index contributed by atoms with van der Waals surface area (Å²) in [6, 6.07) is 22.3. The van der Waals surface area contributed by atoms with Gasteiger partial charge in [0.2, 0.25) is 0 Å². The SMILES string of the molecule is Cc1cccc2c(=O)[nH]c(COC(=O)Cc3cn(-c4ccccc4)nc3-c3ccc(Cl)cc3)nc12. The van der Waals surface area contributed by atoms with E-state index in [0.29, 0.717) is 33.0 Å². The van der Waals surface area contributed by atoms with Crippen LogP contribution in [0.4, 0.5) is 0 Å². The van der Waals surface area contributed by atoms with Crippen LogP contribution in [0.2, 0.25) is 5.02 Å². The van der Waals surface area contributed by atoms with E-state index in [0.717, 1.165) is 16.8 Å². The molecule has 0 radical (unpaired) electrons. The maximum absolute atomic E-state index is 12.8. The van der Waals surface area contributed by atoms with Crippen LogP contribution in [0, 0.1) is 6.92 Å². The van der Waals surface area contributed by atoms with E-state index in [9.17, 15) is 9.59 Å². The monoisotopic (exact) mass is 484 g/mol. The summed E-state index contributed by atoms with van der Waals surface area (Å²) in [4.78, 5) is 32.3. The normalized spacial score (nSPS) is 11.0. The highest BCUT2D eigenvalue weighted by Gasteiger charge is 2.17. The molecule has 0 fully saturated rings. The average Bonchev–Trinajstić information content (AvgIpc) is 3.28. The van der Waals surface area contributed by atoms with Gasteiger partial charge in [-0.05, 0) is 42.8 Å². The summed E-state index contributed by atoms with van der Waals surface area (Å²) in [5.74, 6) is -0.164. The number of para-hydroxylation sites is 2. The molecule has 0 aliphatic carbocycles. The van der Waals surface area contributed by atoms with E-state index in [1.165, 1.54) is 0 Å². The molecule has 3 aromatic carbocycles. The van der Waals surface area contributed by atoms with Crippen LogP contribution < -0.4 is 5.56 Å². The second-order valence-corrected chi connectivity index (χ2v) is 8.55. The van der Waals surface area contributed by atoms with Crippen molar-refractivity contribution >= 4 is 28.5 Å². The molecular formula is C27H21ClN4O3. The molecule has 5 aromatic rings. The van der Waals surface area contributed by atoms with E-state index < -0.39 is 5.97 Å². The second kappa shape index (κ2) is 9.56. The van der Waals surface area contributed by atoms with Crippen molar-refractivity contribution in [1.29, 1.82) is 0 Å². The summed E-state index contributed by atoms with van der Waals surface area (Å²) in [5, 5.41) is 5.83. The third kappa shape index (κ3) is 4.85. The van der Waals surface area contributed by atoms with Crippen molar-refractivity contribution in [2.24, 2.45) is 0 Å². The van der Waals surface area contributed by atoms with Crippen LogP contribution in [0.3, 0.4) is 0 Å². The lowest BCUT2D eigenvalue weighted by Gasteiger charge is -2.07. The molecule has 0 atom stereocenters. The summed E-state index contributed by atoms with van der Waals surface area (Å²) in [6.45, 7) is 1.74. The van der Waals surface area contributed by atoms with Crippen LogP contribution in [0.15, 0.2) is 83.8 Å². The predicted octanol–water partition coefficient (Wildman–Crippen LogP) is 5.02. The van der Waals surface area contributed by atoms with Crippen LogP contribution in [-0.4, -0.2) is 25.7 Å². The second-order valence-electron chi connectivity index (χ2n) is 8.11. The number of benzene rings is 3. The molecule has 2 aromatic heterocycles. The van der Waals surface area contributed by atoms with Gasteiger partial charge in [-0.15, -0.1) is 0 Å². The molecule has 0 saturated heterocycles. The number of aryl methyl sites for hydroxylation is 1. The molecule has 0 aliphatic heterocycles. The van der Waals surface area contributed by atoms with Crippen molar-refractivity contribution < 1.29 is 9.53 Å². The van der Waals surface area contributed by atoms with Crippen molar-refractivity contribution in [3.05, 3.63) is 111 Å². The number of aromatic nitrogens is 4. The molecule has 5 rings (SSSR count). The van der Waals surface area contributed by atoms with Gasteiger partial charge in [0.15, 0.2) is 0 Å². The molecule has 35 heavy (non-hydrogen) atoms. The predicted molar refractivity (Wildman–Crippen MR) is 135 cm³/mol. The molecule has 2 heterocycles. The molecule has 0 bridgehead atoms. The number of H-pyrrole nitrogens is 1. The molecule has 0 aliphatic rings. The maximum Gasteiger partial charge on any atom is 0.310 e. The van der Waals surface area contributed by atoms with E-state index in [1.807, 2.05) is 67.7 Å². The molecule has 7 nitrogen and oxygen atoms in total. The molecule has 0 spiro atoms. The summed E-state index contributed by atoms with van der Waals surface area (Å²) in [6.07, 6.45) is 1.82. The van der Waals surface area contributed by atoms with E-state index in [1.54, 1.807) is 22.9 Å². The largest absolute Gasteiger partial charge is 0.457 e. The lowest BCUT2D eigenvalue weighted by Crippen LogP contribution is -2.15. The third-order valence-corrected chi connectivity index (χ3v) is 5.87. The molecule has 0 amide bonds. The summed E-state index contributed by atoms with van der Waals surface area (Å²) in [7, 11) is 0. The summed E-state index contributed by atoms with van der Waals surface area (Å²) < 4.78 is 7.20. The Kier molecular flexibility index (Phi) is 6.16. The maximum atomic E-state index is 12.8. The van der Waals surface area contributed by atoms with Crippen LogP contribution in [0.25, 0.3) is 27.8 Å². The number of esters is 1. The third-order valence-electron chi connectivity index (χ3n) is 5.62. The summed E-state index contributed by atoms with van der Waals surface area (Å²) >= 11 is 6.05. The van der Waals surface area contributed by atoms with Gasteiger partial charge in [0.1, 0.15) is 12.4 Å². The van der Waals surface area contributed by atoms with Gasteiger partial charge in [-0.25, -0.2) is 9.67 Å². The first-order valence-electron chi connectivity index (χ1n) is 11.0. The number of halogens is 1. The number of carbonyl (C=O) groups is 1. The number of aromatic amines is 1. The molecule has 8 heteroatoms. The first kappa shape index (κ1) is 22.6. The van der Waals surface area contributed by atoms with E-state index in [4.69, 9.17) is 21.4 Å². The first-order chi connectivity index (χ1) is 17.0. The first-order valence-corrected chi connectivity index (χ1v) is 11.4. The number of nitrogens with zero attached hydrogens (tertiary/aromatic N) is 3. The molecule has 0 unspecified atom stereocenters. The highest BCUT2D eigenvalue weighted by atomic mass is 35.5. The zero-order valence-corrected chi connectivity index (χ0v) is 19.6. The van der Waals surface area contributed by atoms with Gasteiger partial charge in [-0.3, -0.25) is 9.59 Å². The minimum atomic E-state index is -0.458. The van der Waals surface area contributed by atoms with Gasteiger partial charge in [0, 0.05) is 22.3 Å². The number of hydrogen-bond donors (Lipinski definition) is 1. The van der Waals surface area contributed by atoms with Crippen molar-refractivity contribution in [2.75, 3.05) is 0 Å². The highest BCUT2D eigenvalue weighted by molar-refractivity contribution is 6.30. The number of fused-ring (bicyclic) bond motifs is 1. The highest BCUT2D eigenvalue weighted by Crippen LogP contribution is 2.26. The van der Waals surface area contributed by atoms with Gasteiger partial charge in [0.25, 0.3) is 5.56 Å². The van der Waals surface area contributed by atoms with Crippen molar-refractivity contribution in [3.8, 4) is 16.9 Å². The van der Waals surface area contributed by atoms with E-state index >= 15 is 0 Å². The van der Waals surface area contributed by atoms with Gasteiger partial charge >= 0.3 is 5.97 Å². The Labute approximate surface area is 206 Å². The van der Waals surface area contributed by atoms with Crippen LogP contribution in [-0.2, 0) is 22.6 Å². The summed E-state index contributed by atoms with van der Waals surface area (Å²) in [5.41, 5.74) is 4.28. The van der Waals surface area contributed by atoms with Crippen LogP contribution >= 0.6 is 11.6 Å². The molecule has 174 valence electrons. The minimum Gasteiger partial charge on any atom is -0.457 e. The number of hydrogen-bond acceptors (Lipinski definition) is 5. The topological polar surface area (TPSA) is 89.9 Å². The van der Waals surface area contributed by atoms with Gasteiger partial charge < -0.3 is 9.72 Å². The van der Waals surface area contributed by atoms with Gasteiger partial charge in [-0.1, -0.05) is 54.1 Å². The molecule has 1 N–H and O–H groups in total. The Morgan fingerprint density at radius 3 is 2.57 bits per heavy atom. The average molecular weight is 485 g/mol. The van der Waals surface area contributed by atoms with Crippen molar-refractivity contribution in [2.45, 2.75) is 20.0 Å². The molecule has 0 saturated carbocycles.